The molecule has 0 aromatic heterocycles. The Labute approximate surface area is 100.0 Å². The summed E-state index contributed by atoms with van der Waals surface area (Å²) in [5.41, 5.74) is -4.36. The maximum absolute atomic E-state index is 12.2. The summed E-state index contributed by atoms with van der Waals surface area (Å²) < 4.78 is 36.7. The van der Waals surface area contributed by atoms with Gasteiger partial charge in [0, 0.05) is 21.9 Å². The number of benzene rings is 1. The van der Waals surface area contributed by atoms with Crippen LogP contribution in [0.5, 0.6) is 0 Å². The summed E-state index contributed by atoms with van der Waals surface area (Å²) in [5.74, 6) is -0.330. The van der Waals surface area contributed by atoms with Crippen LogP contribution in [0, 0.1) is 0 Å². The van der Waals surface area contributed by atoms with E-state index in [1.54, 1.807) is 6.92 Å². The van der Waals surface area contributed by atoms with Gasteiger partial charge in [-0.1, -0.05) is 18.5 Å². The molecular formula is C10H8ClF3OS. The van der Waals surface area contributed by atoms with E-state index in [1.807, 2.05) is 0 Å². The average molecular weight is 269 g/mol. The molecule has 0 heterocycles. The number of hydrogen-bond donors (Lipinski definition) is 0. The van der Waals surface area contributed by atoms with E-state index in [9.17, 15) is 18.0 Å². The number of carbonyl (C=O) groups excluding carboxylic acids is 1. The molecule has 0 saturated heterocycles. The van der Waals surface area contributed by atoms with Gasteiger partial charge in [-0.05, 0) is 30.0 Å². The monoisotopic (exact) mass is 268 g/mol. The number of hydrogen-bond acceptors (Lipinski definition) is 2. The lowest BCUT2D eigenvalue weighted by Crippen LogP contribution is -2.04. The zero-order chi connectivity index (χ0) is 12.3. The fraction of sp³-hybridized carbons (Fsp3) is 0.300. The first-order chi connectivity index (χ1) is 7.33. The Morgan fingerprint density at radius 2 is 2.06 bits per heavy atom. The van der Waals surface area contributed by atoms with E-state index in [1.165, 1.54) is 12.1 Å². The third kappa shape index (κ3) is 3.72. The predicted octanol–water partition coefficient (Wildman–Crippen LogP) is 4.54. The highest BCUT2D eigenvalue weighted by atomic mass is 35.5. The fourth-order valence-electron chi connectivity index (χ4n) is 1.13. The second-order valence-corrected chi connectivity index (χ2v) is 4.51. The van der Waals surface area contributed by atoms with Crippen molar-refractivity contribution in [3.63, 3.8) is 0 Å². The molecule has 0 bridgehead atoms. The van der Waals surface area contributed by atoms with Gasteiger partial charge in [0.25, 0.3) is 0 Å². The van der Waals surface area contributed by atoms with Crippen molar-refractivity contribution in [2.75, 3.05) is 0 Å². The summed E-state index contributed by atoms with van der Waals surface area (Å²) in [5, 5.41) is 0.180. The topological polar surface area (TPSA) is 17.1 Å². The van der Waals surface area contributed by atoms with E-state index < -0.39 is 5.51 Å². The maximum atomic E-state index is 12.2. The van der Waals surface area contributed by atoms with Crippen LogP contribution < -0.4 is 0 Å². The predicted molar refractivity (Wildman–Crippen MR) is 58.0 cm³/mol. The molecule has 0 N–H and O–H groups in total. The largest absolute Gasteiger partial charge is 0.446 e. The van der Waals surface area contributed by atoms with Gasteiger partial charge in [0.15, 0.2) is 5.78 Å². The number of halogens is 4. The van der Waals surface area contributed by atoms with Gasteiger partial charge in [0.2, 0.25) is 0 Å². The smallest absolute Gasteiger partial charge is 0.294 e. The molecule has 1 aromatic rings. The zero-order valence-corrected chi connectivity index (χ0v) is 9.84. The minimum atomic E-state index is -4.42. The summed E-state index contributed by atoms with van der Waals surface area (Å²) in [7, 11) is 0. The van der Waals surface area contributed by atoms with Gasteiger partial charge in [0.1, 0.15) is 0 Å². The molecule has 1 aromatic carbocycles. The molecule has 0 aliphatic rings. The lowest BCUT2D eigenvalue weighted by molar-refractivity contribution is -0.0328. The molecule has 0 amide bonds. The molecule has 6 heteroatoms. The van der Waals surface area contributed by atoms with Crippen molar-refractivity contribution in [3.05, 3.63) is 28.8 Å². The van der Waals surface area contributed by atoms with Crippen LogP contribution in [-0.4, -0.2) is 11.3 Å². The third-order valence-electron chi connectivity index (χ3n) is 1.79. The van der Waals surface area contributed by atoms with Gasteiger partial charge in [-0.2, -0.15) is 13.2 Å². The van der Waals surface area contributed by atoms with Crippen molar-refractivity contribution in [2.45, 2.75) is 23.7 Å². The van der Waals surface area contributed by atoms with Crippen molar-refractivity contribution < 1.29 is 18.0 Å². The van der Waals surface area contributed by atoms with Crippen LogP contribution >= 0.6 is 23.4 Å². The van der Waals surface area contributed by atoms with Crippen LogP contribution in [0.3, 0.4) is 0 Å². The Balaban J connectivity index is 3.13. The quantitative estimate of drug-likeness (QED) is 0.591. The first-order valence-electron chi connectivity index (χ1n) is 4.42. The second kappa shape index (κ2) is 5.10. The Morgan fingerprint density at radius 3 is 2.56 bits per heavy atom. The van der Waals surface area contributed by atoms with E-state index >= 15 is 0 Å². The standard InChI is InChI=1S/C10H8ClF3OS/c1-2-8(15)7-4-3-6(11)5-9(7)16-10(12,13)14/h3-5H,2H2,1H3. The molecule has 16 heavy (non-hydrogen) atoms. The Hall–Kier alpha value is -0.680. The van der Waals surface area contributed by atoms with E-state index in [0.717, 1.165) is 6.07 Å². The van der Waals surface area contributed by atoms with E-state index in [0.29, 0.717) is 0 Å². The molecular weight excluding hydrogens is 261 g/mol. The van der Waals surface area contributed by atoms with Crippen molar-refractivity contribution in [3.8, 4) is 0 Å². The summed E-state index contributed by atoms with van der Waals surface area (Å²) in [6.07, 6.45) is 0.160. The Kier molecular flexibility index (Phi) is 4.27. The van der Waals surface area contributed by atoms with Crippen molar-refractivity contribution in [2.24, 2.45) is 0 Å². The molecule has 88 valence electrons. The number of rotatable bonds is 3. The van der Waals surface area contributed by atoms with Crippen molar-refractivity contribution in [1.82, 2.24) is 0 Å². The Morgan fingerprint density at radius 1 is 1.44 bits per heavy atom. The minimum absolute atomic E-state index is 0.0641. The second-order valence-electron chi connectivity index (χ2n) is 2.97. The van der Waals surface area contributed by atoms with Gasteiger partial charge in [-0.3, -0.25) is 4.79 Å². The average Bonchev–Trinajstić information content (AvgIpc) is 2.14. The van der Waals surface area contributed by atoms with Crippen LogP contribution in [0.25, 0.3) is 0 Å². The van der Waals surface area contributed by atoms with Crippen molar-refractivity contribution >= 4 is 29.1 Å². The number of ketones is 1. The van der Waals surface area contributed by atoms with E-state index in [2.05, 4.69) is 0 Å². The van der Waals surface area contributed by atoms with Crippen LogP contribution in [0.15, 0.2) is 23.1 Å². The molecule has 0 unspecified atom stereocenters. The minimum Gasteiger partial charge on any atom is -0.294 e. The van der Waals surface area contributed by atoms with Crippen LogP contribution in [0.2, 0.25) is 5.02 Å². The number of alkyl halides is 3. The zero-order valence-electron chi connectivity index (χ0n) is 8.27. The van der Waals surface area contributed by atoms with Gasteiger partial charge < -0.3 is 0 Å². The van der Waals surface area contributed by atoms with E-state index in [-0.39, 0.29) is 39.4 Å². The maximum Gasteiger partial charge on any atom is 0.446 e. The molecule has 0 aliphatic carbocycles. The Bertz CT molecular complexity index is 404. The molecule has 0 aliphatic heterocycles. The molecule has 0 atom stereocenters. The summed E-state index contributed by atoms with van der Waals surface area (Å²) >= 11 is 5.28. The molecule has 0 spiro atoms. The number of carbonyl (C=O) groups is 1. The normalized spacial score (nSPS) is 11.6. The molecule has 1 nitrogen and oxygen atoms in total. The van der Waals surface area contributed by atoms with Gasteiger partial charge in [0.05, 0.1) is 0 Å². The summed E-state index contributed by atoms with van der Waals surface area (Å²) in [4.78, 5) is 11.3. The molecule has 0 fully saturated rings. The van der Waals surface area contributed by atoms with Gasteiger partial charge in [-0.15, -0.1) is 0 Å². The number of Topliss-reactive ketones (excluding diaryl/α,β-unsaturated/α-hetero) is 1. The number of thioether (sulfide) groups is 1. The summed E-state index contributed by atoms with van der Waals surface area (Å²) in [6, 6.07) is 3.88. The summed E-state index contributed by atoms with van der Waals surface area (Å²) in [6.45, 7) is 1.60. The van der Waals surface area contributed by atoms with Gasteiger partial charge >= 0.3 is 5.51 Å². The lowest BCUT2D eigenvalue weighted by atomic mass is 10.1. The lowest BCUT2D eigenvalue weighted by Gasteiger charge is -2.10. The molecule has 0 radical (unpaired) electrons. The van der Waals surface area contributed by atoms with Crippen LogP contribution in [0.1, 0.15) is 23.7 Å². The highest BCUT2D eigenvalue weighted by molar-refractivity contribution is 8.00. The van der Waals surface area contributed by atoms with Gasteiger partial charge in [-0.25, -0.2) is 0 Å². The molecule has 0 saturated carbocycles. The fourth-order valence-corrected chi connectivity index (χ4v) is 2.09. The van der Waals surface area contributed by atoms with Crippen LogP contribution in [0.4, 0.5) is 13.2 Å². The third-order valence-corrected chi connectivity index (χ3v) is 2.82. The first-order valence-corrected chi connectivity index (χ1v) is 5.61. The highest BCUT2D eigenvalue weighted by Gasteiger charge is 2.31. The first kappa shape index (κ1) is 13.4. The highest BCUT2D eigenvalue weighted by Crippen LogP contribution is 2.39. The van der Waals surface area contributed by atoms with Crippen molar-refractivity contribution in [1.29, 1.82) is 0 Å². The SMILES string of the molecule is CCC(=O)c1ccc(Cl)cc1SC(F)(F)F. The molecule has 1 rings (SSSR count). The van der Waals surface area contributed by atoms with E-state index in [4.69, 9.17) is 11.6 Å². The van der Waals surface area contributed by atoms with Crippen LogP contribution in [-0.2, 0) is 0 Å².